The van der Waals surface area contributed by atoms with Crippen molar-refractivity contribution in [2.75, 3.05) is 33.2 Å². The molecule has 3 aliphatic rings. The largest absolute Gasteiger partial charge is 0.341 e. The first kappa shape index (κ1) is 12.5. The van der Waals surface area contributed by atoms with Crippen LogP contribution in [0.4, 0.5) is 0 Å². The van der Waals surface area contributed by atoms with Gasteiger partial charge in [-0.2, -0.15) is 0 Å². The van der Waals surface area contributed by atoms with Gasteiger partial charge in [0, 0.05) is 31.0 Å². The van der Waals surface area contributed by atoms with Gasteiger partial charge < -0.3 is 9.80 Å². The minimum absolute atomic E-state index is 0.345. The summed E-state index contributed by atoms with van der Waals surface area (Å²) in [6.07, 6.45) is 6.04. The summed E-state index contributed by atoms with van der Waals surface area (Å²) in [6.45, 7) is 6.78. The molecule has 1 spiro atoms. The molecule has 1 aliphatic carbocycles. The lowest BCUT2D eigenvalue weighted by atomic mass is 9.76. The lowest BCUT2D eigenvalue weighted by Gasteiger charge is -2.49. The monoisotopic (exact) mass is 250 g/mol. The van der Waals surface area contributed by atoms with Gasteiger partial charge in [-0.15, -0.1) is 0 Å². The van der Waals surface area contributed by atoms with Crippen molar-refractivity contribution >= 4 is 5.91 Å². The molecule has 0 aromatic heterocycles. The lowest BCUT2D eigenvalue weighted by molar-refractivity contribution is -0.148. The number of carbonyl (C=O) groups is 1. The predicted octanol–water partition coefficient (Wildman–Crippen LogP) is 1.98. The summed E-state index contributed by atoms with van der Waals surface area (Å²) in [4.78, 5) is 17.0. The molecule has 0 N–H and O–H groups in total. The van der Waals surface area contributed by atoms with Crippen LogP contribution in [-0.2, 0) is 4.79 Å². The molecule has 2 saturated heterocycles. The summed E-state index contributed by atoms with van der Waals surface area (Å²) in [5.74, 6) is 1.64. The van der Waals surface area contributed by atoms with Crippen molar-refractivity contribution in [3.8, 4) is 0 Å². The molecule has 0 atom stereocenters. The molecule has 0 bridgehead atoms. The molecular formula is C15H26N2O. The van der Waals surface area contributed by atoms with Gasteiger partial charge in [0.2, 0.25) is 5.91 Å². The maximum atomic E-state index is 12.4. The predicted molar refractivity (Wildman–Crippen MR) is 72.2 cm³/mol. The molecule has 0 aromatic carbocycles. The Balaban J connectivity index is 1.51. The number of amides is 1. The molecule has 2 aliphatic heterocycles. The second-order valence-corrected chi connectivity index (χ2v) is 7.14. The van der Waals surface area contributed by atoms with E-state index in [2.05, 4.69) is 23.8 Å². The summed E-state index contributed by atoms with van der Waals surface area (Å²) in [6, 6.07) is 0. The van der Waals surface area contributed by atoms with Gasteiger partial charge in [0.25, 0.3) is 0 Å². The zero-order valence-electron chi connectivity index (χ0n) is 11.8. The lowest BCUT2D eigenvalue weighted by Crippen LogP contribution is -2.60. The zero-order chi connectivity index (χ0) is 12.8. The normalized spacial score (nSPS) is 35.8. The molecule has 1 amide bonds. The molecule has 0 radical (unpaired) electrons. The van der Waals surface area contributed by atoms with E-state index in [1.807, 2.05) is 0 Å². The van der Waals surface area contributed by atoms with Gasteiger partial charge in [-0.3, -0.25) is 4.79 Å². The Morgan fingerprint density at radius 3 is 2.33 bits per heavy atom. The van der Waals surface area contributed by atoms with Gasteiger partial charge in [-0.1, -0.05) is 6.92 Å². The van der Waals surface area contributed by atoms with Gasteiger partial charge in [-0.25, -0.2) is 0 Å². The third-order valence-corrected chi connectivity index (χ3v) is 5.36. The average Bonchev–Trinajstić information content (AvgIpc) is 2.70. The number of hydrogen-bond donors (Lipinski definition) is 0. The molecule has 3 rings (SSSR count). The van der Waals surface area contributed by atoms with Crippen molar-refractivity contribution in [2.24, 2.45) is 17.3 Å². The van der Waals surface area contributed by atoms with Crippen LogP contribution in [0.2, 0.25) is 0 Å². The fourth-order valence-corrected chi connectivity index (χ4v) is 4.10. The van der Waals surface area contributed by atoms with E-state index < -0.39 is 0 Å². The van der Waals surface area contributed by atoms with Gasteiger partial charge in [0.05, 0.1) is 0 Å². The Hall–Kier alpha value is -0.570. The summed E-state index contributed by atoms with van der Waals surface area (Å²) >= 11 is 0. The highest BCUT2D eigenvalue weighted by Crippen LogP contribution is 2.41. The van der Waals surface area contributed by atoms with E-state index in [9.17, 15) is 4.79 Å². The van der Waals surface area contributed by atoms with E-state index >= 15 is 0 Å². The van der Waals surface area contributed by atoms with Crippen molar-refractivity contribution in [1.82, 2.24) is 9.80 Å². The van der Waals surface area contributed by atoms with Crippen LogP contribution in [-0.4, -0.2) is 48.9 Å². The van der Waals surface area contributed by atoms with E-state index in [1.54, 1.807) is 0 Å². The van der Waals surface area contributed by atoms with Crippen molar-refractivity contribution in [2.45, 2.75) is 39.0 Å². The molecular weight excluding hydrogens is 224 g/mol. The average molecular weight is 250 g/mol. The van der Waals surface area contributed by atoms with Crippen LogP contribution in [0.3, 0.4) is 0 Å². The Kier molecular flexibility index (Phi) is 3.13. The maximum absolute atomic E-state index is 12.4. The van der Waals surface area contributed by atoms with Crippen LogP contribution in [0.15, 0.2) is 0 Å². The molecule has 3 fully saturated rings. The first-order chi connectivity index (χ1) is 8.58. The fraction of sp³-hybridized carbons (Fsp3) is 0.933. The van der Waals surface area contributed by atoms with Crippen molar-refractivity contribution in [3.05, 3.63) is 0 Å². The molecule has 3 heteroatoms. The topological polar surface area (TPSA) is 23.6 Å². The molecule has 18 heavy (non-hydrogen) atoms. The van der Waals surface area contributed by atoms with Crippen LogP contribution in [0.1, 0.15) is 39.0 Å². The highest BCUT2D eigenvalue weighted by molar-refractivity contribution is 5.80. The zero-order valence-corrected chi connectivity index (χ0v) is 11.8. The van der Waals surface area contributed by atoms with Gasteiger partial charge in [-0.05, 0) is 51.6 Å². The molecule has 0 unspecified atom stereocenters. The Bertz CT molecular complexity index is 327. The van der Waals surface area contributed by atoms with Crippen molar-refractivity contribution < 1.29 is 4.79 Å². The molecule has 1 saturated carbocycles. The Morgan fingerprint density at radius 2 is 1.78 bits per heavy atom. The third kappa shape index (κ3) is 2.18. The molecule has 0 aromatic rings. The van der Waals surface area contributed by atoms with E-state index in [4.69, 9.17) is 0 Å². The van der Waals surface area contributed by atoms with E-state index in [0.29, 0.717) is 17.2 Å². The second-order valence-electron chi connectivity index (χ2n) is 7.14. The van der Waals surface area contributed by atoms with Crippen molar-refractivity contribution in [1.29, 1.82) is 0 Å². The number of nitrogens with zero attached hydrogens (tertiary/aromatic N) is 2. The summed E-state index contributed by atoms with van der Waals surface area (Å²) < 4.78 is 0. The summed E-state index contributed by atoms with van der Waals surface area (Å²) in [5.41, 5.74) is 0.465. The van der Waals surface area contributed by atoms with Crippen LogP contribution in [0.25, 0.3) is 0 Å². The number of rotatable bonds is 1. The van der Waals surface area contributed by atoms with Gasteiger partial charge >= 0.3 is 0 Å². The van der Waals surface area contributed by atoms with Gasteiger partial charge in [0.15, 0.2) is 0 Å². The molecule has 102 valence electrons. The van der Waals surface area contributed by atoms with Crippen molar-refractivity contribution in [3.63, 3.8) is 0 Å². The summed E-state index contributed by atoms with van der Waals surface area (Å²) in [7, 11) is 2.20. The quantitative estimate of drug-likeness (QED) is 0.710. The Labute approximate surface area is 111 Å². The molecule has 3 nitrogen and oxygen atoms in total. The Morgan fingerprint density at radius 1 is 1.11 bits per heavy atom. The fourth-order valence-electron chi connectivity index (χ4n) is 4.10. The first-order valence-corrected chi connectivity index (χ1v) is 7.55. The number of likely N-dealkylation sites (tertiary alicyclic amines) is 2. The van der Waals surface area contributed by atoms with E-state index in [-0.39, 0.29) is 0 Å². The smallest absolute Gasteiger partial charge is 0.225 e. The second kappa shape index (κ2) is 4.52. The highest BCUT2D eigenvalue weighted by atomic mass is 16.2. The van der Waals surface area contributed by atoms with Gasteiger partial charge in [0.1, 0.15) is 0 Å². The van der Waals surface area contributed by atoms with Crippen LogP contribution in [0, 0.1) is 17.3 Å². The first-order valence-electron chi connectivity index (χ1n) is 7.55. The maximum Gasteiger partial charge on any atom is 0.225 e. The van der Waals surface area contributed by atoms with Crippen LogP contribution >= 0.6 is 0 Å². The highest BCUT2D eigenvalue weighted by Gasteiger charge is 2.49. The minimum atomic E-state index is 0.345. The van der Waals surface area contributed by atoms with E-state index in [0.717, 1.165) is 31.8 Å². The van der Waals surface area contributed by atoms with E-state index in [1.165, 1.54) is 32.4 Å². The molecule has 2 heterocycles. The van der Waals surface area contributed by atoms with Crippen LogP contribution < -0.4 is 0 Å². The SMILES string of the molecule is CC1CCC(C(=O)N2CC3(CCN(C)C3)C2)CC1. The number of carbonyl (C=O) groups excluding carboxylic acids is 1. The third-order valence-electron chi connectivity index (χ3n) is 5.36. The number of hydrogen-bond acceptors (Lipinski definition) is 2. The van der Waals surface area contributed by atoms with Crippen LogP contribution in [0.5, 0.6) is 0 Å². The standard InChI is InChI=1S/C15H26N2O/c1-12-3-5-13(6-4-12)14(18)17-10-15(11-17)7-8-16(2)9-15/h12-13H,3-11H2,1-2H3. The summed E-state index contributed by atoms with van der Waals surface area (Å²) in [5, 5.41) is 0. The minimum Gasteiger partial charge on any atom is -0.341 e.